The zero-order chi connectivity index (χ0) is 27.4. The number of aryl methyl sites for hydroxylation is 1. The van der Waals surface area contributed by atoms with Crippen molar-refractivity contribution in [2.45, 2.75) is 44.0 Å². The number of hydrogen-bond donors (Lipinski definition) is 1. The molecule has 3 aromatic rings. The second kappa shape index (κ2) is 11.0. The Morgan fingerprint density at radius 2 is 1.30 bits per heavy atom. The fraction of sp³-hybridized carbons (Fsp3) is 0.360. The van der Waals surface area contributed by atoms with E-state index in [1.54, 1.807) is 55.5 Å². The van der Waals surface area contributed by atoms with Crippen molar-refractivity contribution in [1.29, 1.82) is 0 Å². The molecule has 200 valence electrons. The van der Waals surface area contributed by atoms with E-state index in [0.29, 0.717) is 28.2 Å². The molecule has 8 nitrogen and oxygen atoms in total. The maximum Gasteiger partial charge on any atom is 0.425 e. The van der Waals surface area contributed by atoms with Gasteiger partial charge in [0.1, 0.15) is 16.7 Å². The van der Waals surface area contributed by atoms with E-state index < -0.39 is 32.9 Å². The Kier molecular flexibility index (Phi) is 8.45. The highest BCUT2D eigenvalue weighted by Gasteiger charge is 2.64. The Morgan fingerprint density at radius 3 is 1.65 bits per heavy atom. The van der Waals surface area contributed by atoms with Gasteiger partial charge in [0, 0.05) is 25.5 Å². The average Bonchev–Trinajstić information content (AvgIpc) is 2.88. The summed E-state index contributed by atoms with van der Waals surface area (Å²) in [6, 6.07) is 12.9. The fourth-order valence-corrected chi connectivity index (χ4v) is 5.45. The van der Waals surface area contributed by atoms with Crippen molar-refractivity contribution in [3.8, 4) is 11.5 Å². The summed E-state index contributed by atoms with van der Waals surface area (Å²) < 4.78 is 81.6. The second-order valence-corrected chi connectivity index (χ2v) is 10.8. The van der Waals surface area contributed by atoms with Gasteiger partial charge in [-0.1, -0.05) is 24.3 Å². The highest BCUT2D eigenvalue weighted by Crippen LogP contribution is 2.43. The van der Waals surface area contributed by atoms with Crippen LogP contribution in [0.25, 0.3) is 0 Å². The first-order valence-corrected chi connectivity index (χ1v) is 12.7. The van der Waals surface area contributed by atoms with Gasteiger partial charge in [0.15, 0.2) is 5.82 Å². The molecular formula is C25H28F3N3O5S. The first-order valence-electron chi connectivity index (χ1n) is 11.2. The van der Waals surface area contributed by atoms with Crippen LogP contribution in [0.15, 0.2) is 60.9 Å². The maximum atomic E-state index is 14.3. The minimum Gasteiger partial charge on any atom is -0.497 e. The molecule has 0 fully saturated rings. The van der Waals surface area contributed by atoms with Crippen molar-refractivity contribution >= 4 is 10.0 Å². The van der Waals surface area contributed by atoms with E-state index in [2.05, 4.69) is 9.97 Å². The number of alkyl halides is 3. The van der Waals surface area contributed by atoms with Gasteiger partial charge in [-0.15, -0.1) is 0 Å². The van der Waals surface area contributed by atoms with Crippen LogP contribution < -0.4 is 9.47 Å². The van der Waals surface area contributed by atoms with Crippen LogP contribution in [0.5, 0.6) is 11.5 Å². The second-order valence-electron chi connectivity index (χ2n) is 8.50. The number of aromatic nitrogens is 2. The summed E-state index contributed by atoms with van der Waals surface area (Å²) in [4.78, 5) is 7.25. The van der Waals surface area contributed by atoms with E-state index in [4.69, 9.17) is 9.47 Å². The van der Waals surface area contributed by atoms with Crippen LogP contribution in [-0.2, 0) is 28.7 Å². The van der Waals surface area contributed by atoms with Crippen LogP contribution in [0, 0.1) is 6.92 Å². The summed E-state index contributed by atoms with van der Waals surface area (Å²) in [7, 11) is -1.86. The molecule has 37 heavy (non-hydrogen) atoms. The standard InChI is InChI=1S/C25H28F3N3O5S/c1-17-13-29-23(30-14-17)24(32,25(26,27)28)18(2)37(33,34)31(15-19-5-9-21(35-3)10-6-19)16-20-7-11-22(36-4)12-8-20/h5-14,18,32H,15-16H2,1-4H3. The molecule has 3 rings (SSSR count). The van der Waals surface area contributed by atoms with Crippen molar-refractivity contribution < 1.29 is 36.2 Å². The van der Waals surface area contributed by atoms with Gasteiger partial charge >= 0.3 is 6.18 Å². The first-order chi connectivity index (χ1) is 17.3. The molecule has 12 heteroatoms. The quantitative estimate of drug-likeness (QED) is 0.416. The predicted molar refractivity (Wildman–Crippen MR) is 130 cm³/mol. The van der Waals surface area contributed by atoms with E-state index in [1.165, 1.54) is 14.2 Å². The number of sulfonamides is 1. The number of aliphatic hydroxyl groups is 1. The van der Waals surface area contributed by atoms with Gasteiger partial charge in [0.2, 0.25) is 15.6 Å². The van der Waals surface area contributed by atoms with Crippen molar-refractivity contribution in [3.05, 3.63) is 83.4 Å². The zero-order valence-electron chi connectivity index (χ0n) is 20.7. The molecular weight excluding hydrogens is 511 g/mol. The smallest absolute Gasteiger partial charge is 0.425 e. The van der Waals surface area contributed by atoms with Gasteiger partial charge in [-0.05, 0) is 54.8 Å². The number of rotatable bonds is 10. The third-order valence-corrected chi connectivity index (χ3v) is 8.20. The third-order valence-electron chi connectivity index (χ3n) is 5.98. The Balaban J connectivity index is 2.07. The first kappa shape index (κ1) is 28.4. The number of methoxy groups -OCH3 is 2. The minimum atomic E-state index is -5.39. The highest BCUT2D eigenvalue weighted by molar-refractivity contribution is 7.89. The molecule has 1 heterocycles. The van der Waals surface area contributed by atoms with Gasteiger partial charge < -0.3 is 14.6 Å². The van der Waals surface area contributed by atoms with E-state index in [1.807, 2.05) is 0 Å². The molecule has 0 aliphatic carbocycles. The monoisotopic (exact) mass is 539 g/mol. The summed E-state index contributed by atoms with van der Waals surface area (Å²) in [5.41, 5.74) is -2.40. The molecule has 0 bridgehead atoms. The SMILES string of the molecule is COc1ccc(CN(Cc2ccc(OC)cc2)S(=O)(=O)C(C)C(O)(c2ncc(C)cn2)C(F)(F)F)cc1. The van der Waals surface area contributed by atoms with Crippen molar-refractivity contribution in [2.75, 3.05) is 14.2 Å². The van der Waals surface area contributed by atoms with Crippen LogP contribution in [0.1, 0.15) is 29.4 Å². The summed E-state index contributed by atoms with van der Waals surface area (Å²) in [6.45, 7) is 1.85. The van der Waals surface area contributed by atoms with E-state index in [-0.39, 0.29) is 13.1 Å². The van der Waals surface area contributed by atoms with Crippen LogP contribution in [0.3, 0.4) is 0 Å². The van der Waals surface area contributed by atoms with E-state index in [9.17, 15) is 26.7 Å². The van der Waals surface area contributed by atoms with Crippen LogP contribution in [0.2, 0.25) is 0 Å². The Morgan fingerprint density at radius 1 is 0.892 bits per heavy atom. The predicted octanol–water partition coefficient (Wildman–Crippen LogP) is 3.97. The molecule has 0 amide bonds. The molecule has 1 aromatic heterocycles. The van der Waals surface area contributed by atoms with Crippen molar-refractivity contribution in [1.82, 2.24) is 14.3 Å². The van der Waals surface area contributed by atoms with Crippen molar-refractivity contribution in [2.24, 2.45) is 0 Å². The van der Waals surface area contributed by atoms with Crippen molar-refractivity contribution in [3.63, 3.8) is 0 Å². The van der Waals surface area contributed by atoms with Crippen LogP contribution in [-0.4, -0.2) is 53.4 Å². The number of halogens is 3. The lowest BCUT2D eigenvalue weighted by Crippen LogP contribution is -2.57. The minimum absolute atomic E-state index is 0.259. The lowest BCUT2D eigenvalue weighted by atomic mass is 9.98. The molecule has 2 aromatic carbocycles. The number of ether oxygens (including phenoxy) is 2. The Bertz CT molecular complexity index is 1240. The molecule has 0 radical (unpaired) electrons. The number of nitrogens with zero attached hydrogens (tertiary/aromatic N) is 3. The van der Waals surface area contributed by atoms with Gasteiger partial charge in [-0.25, -0.2) is 18.4 Å². The van der Waals surface area contributed by atoms with Gasteiger partial charge in [0.05, 0.1) is 14.2 Å². The Labute approximate surface area is 213 Å². The van der Waals surface area contributed by atoms with E-state index >= 15 is 0 Å². The number of hydrogen-bond acceptors (Lipinski definition) is 7. The van der Waals surface area contributed by atoms with Crippen LogP contribution >= 0.6 is 0 Å². The highest BCUT2D eigenvalue weighted by atomic mass is 32.2. The lowest BCUT2D eigenvalue weighted by molar-refractivity contribution is -0.269. The maximum absolute atomic E-state index is 14.3. The summed E-state index contributed by atoms with van der Waals surface area (Å²) in [5.74, 6) is 0.0183. The average molecular weight is 540 g/mol. The molecule has 0 spiro atoms. The Hall–Kier alpha value is -3.22. The zero-order valence-corrected chi connectivity index (χ0v) is 21.5. The van der Waals surface area contributed by atoms with Crippen LogP contribution in [0.4, 0.5) is 13.2 Å². The lowest BCUT2D eigenvalue weighted by Gasteiger charge is -2.36. The number of benzene rings is 2. The molecule has 2 atom stereocenters. The molecule has 0 aliphatic heterocycles. The molecule has 2 unspecified atom stereocenters. The largest absolute Gasteiger partial charge is 0.497 e. The third kappa shape index (κ3) is 6.03. The summed E-state index contributed by atoms with van der Waals surface area (Å²) >= 11 is 0. The fourth-order valence-electron chi connectivity index (χ4n) is 3.67. The normalized spacial score (nSPS) is 14.7. The molecule has 0 saturated heterocycles. The molecule has 0 saturated carbocycles. The topological polar surface area (TPSA) is 102 Å². The van der Waals surface area contributed by atoms with Gasteiger partial charge in [-0.2, -0.15) is 17.5 Å². The van der Waals surface area contributed by atoms with Gasteiger partial charge in [-0.3, -0.25) is 0 Å². The van der Waals surface area contributed by atoms with Gasteiger partial charge in [0.25, 0.3) is 0 Å². The summed E-state index contributed by atoms with van der Waals surface area (Å²) in [5, 5.41) is 8.57. The summed E-state index contributed by atoms with van der Waals surface area (Å²) in [6.07, 6.45) is -3.21. The molecule has 0 aliphatic rings. The molecule has 1 N–H and O–H groups in total. The van der Waals surface area contributed by atoms with E-state index in [0.717, 1.165) is 23.6 Å².